The fraction of sp³-hybridized carbons (Fsp3) is 1.00. The molecule has 0 aliphatic carbocycles. The maximum atomic E-state index is 6.54. The van der Waals surface area contributed by atoms with Crippen molar-refractivity contribution in [3.05, 3.63) is 0 Å². The fourth-order valence-electron chi connectivity index (χ4n) is 3.30. The molecule has 0 saturated carbocycles. The van der Waals surface area contributed by atoms with Crippen molar-refractivity contribution in [2.45, 2.75) is 104 Å². The standard InChI is InChI=1S/C18H40N2/c1-6-10-11-12-13-14-15-16-17(19)18(5,7-2)20(8-3)9-4/h17H,6-16,19H2,1-5H3. The fourth-order valence-corrected chi connectivity index (χ4v) is 3.30. The second-order valence-electron chi connectivity index (χ2n) is 6.40. The number of unbranched alkanes of at least 4 members (excludes halogenated alkanes) is 6. The molecular formula is C18H40N2. The lowest BCUT2D eigenvalue weighted by molar-refractivity contribution is 0.0804. The topological polar surface area (TPSA) is 29.3 Å². The van der Waals surface area contributed by atoms with Crippen LogP contribution in [0.2, 0.25) is 0 Å². The van der Waals surface area contributed by atoms with Gasteiger partial charge < -0.3 is 5.73 Å². The summed E-state index contributed by atoms with van der Waals surface area (Å²) < 4.78 is 0. The van der Waals surface area contributed by atoms with E-state index in [1.54, 1.807) is 0 Å². The van der Waals surface area contributed by atoms with Crippen LogP contribution in [0.4, 0.5) is 0 Å². The van der Waals surface area contributed by atoms with E-state index in [1.165, 1.54) is 51.4 Å². The van der Waals surface area contributed by atoms with Crippen molar-refractivity contribution in [3.8, 4) is 0 Å². The summed E-state index contributed by atoms with van der Waals surface area (Å²) in [5, 5.41) is 0. The summed E-state index contributed by atoms with van der Waals surface area (Å²) in [5.41, 5.74) is 6.71. The number of hydrogen-bond donors (Lipinski definition) is 1. The first kappa shape index (κ1) is 19.9. The number of rotatable bonds is 13. The van der Waals surface area contributed by atoms with Gasteiger partial charge in [-0.3, -0.25) is 4.90 Å². The molecule has 0 aliphatic rings. The molecule has 2 nitrogen and oxygen atoms in total. The Kier molecular flexibility index (Phi) is 11.5. The smallest absolute Gasteiger partial charge is 0.0329 e. The summed E-state index contributed by atoms with van der Waals surface area (Å²) in [4.78, 5) is 2.54. The third-order valence-electron chi connectivity index (χ3n) is 5.12. The van der Waals surface area contributed by atoms with E-state index in [2.05, 4.69) is 39.5 Å². The summed E-state index contributed by atoms with van der Waals surface area (Å²) in [6, 6.07) is 0.308. The summed E-state index contributed by atoms with van der Waals surface area (Å²) in [6.07, 6.45) is 11.9. The van der Waals surface area contributed by atoms with Crippen molar-refractivity contribution in [2.75, 3.05) is 13.1 Å². The Hall–Kier alpha value is -0.0800. The zero-order chi connectivity index (χ0) is 15.4. The van der Waals surface area contributed by atoms with Crippen molar-refractivity contribution >= 4 is 0 Å². The normalized spacial score (nSPS) is 16.4. The van der Waals surface area contributed by atoms with Gasteiger partial charge in [0.2, 0.25) is 0 Å². The van der Waals surface area contributed by atoms with Crippen LogP contribution in [0.3, 0.4) is 0 Å². The number of likely N-dealkylation sites (N-methyl/N-ethyl adjacent to an activating group) is 1. The maximum Gasteiger partial charge on any atom is 0.0329 e. The molecule has 0 rings (SSSR count). The molecule has 122 valence electrons. The van der Waals surface area contributed by atoms with Crippen molar-refractivity contribution in [1.29, 1.82) is 0 Å². The van der Waals surface area contributed by atoms with Crippen LogP contribution in [0.5, 0.6) is 0 Å². The highest BCUT2D eigenvalue weighted by Crippen LogP contribution is 2.25. The van der Waals surface area contributed by atoms with Gasteiger partial charge in [0.25, 0.3) is 0 Å². The Balaban J connectivity index is 4.00. The van der Waals surface area contributed by atoms with Gasteiger partial charge in [0.15, 0.2) is 0 Å². The Morgan fingerprint density at radius 2 is 1.35 bits per heavy atom. The van der Waals surface area contributed by atoms with Gasteiger partial charge in [0.1, 0.15) is 0 Å². The first-order valence-corrected chi connectivity index (χ1v) is 9.07. The SMILES string of the molecule is CCCCCCCCCC(N)C(C)(CC)N(CC)CC. The van der Waals surface area contributed by atoms with Crippen molar-refractivity contribution in [2.24, 2.45) is 5.73 Å². The lowest BCUT2D eigenvalue weighted by atomic mass is 9.84. The zero-order valence-electron chi connectivity index (χ0n) is 14.9. The molecule has 20 heavy (non-hydrogen) atoms. The molecule has 2 heteroatoms. The molecule has 2 atom stereocenters. The van der Waals surface area contributed by atoms with E-state index in [4.69, 9.17) is 5.73 Å². The predicted molar refractivity (Wildman–Crippen MR) is 92.2 cm³/mol. The van der Waals surface area contributed by atoms with Crippen LogP contribution in [0.15, 0.2) is 0 Å². The predicted octanol–water partition coefficient (Wildman–Crippen LogP) is 4.96. The van der Waals surface area contributed by atoms with Gasteiger partial charge in [-0.15, -0.1) is 0 Å². The minimum atomic E-state index is 0.172. The lowest BCUT2D eigenvalue weighted by Gasteiger charge is -2.44. The first-order valence-electron chi connectivity index (χ1n) is 9.07. The number of hydrogen-bond acceptors (Lipinski definition) is 2. The van der Waals surface area contributed by atoms with Crippen molar-refractivity contribution < 1.29 is 0 Å². The second-order valence-corrected chi connectivity index (χ2v) is 6.40. The molecule has 0 fully saturated rings. The summed E-state index contributed by atoms with van der Waals surface area (Å²) in [6.45, 7) is 13.6. The lowest BCUT2D eigenvalue weighted by Crippen LogP contribution is -2.57. The van der Waals surface area contributed by atoms with E-state index < -0.39 is 0 Å². The van der Waals surface area contributed by atoms with Crippen molar-refractivity contribution in [1.82, 2.24) is 4.90 Å². The average Bonchev–Trinajstić information content (AvgIpc) is 2.46. The largest absolute Gasteiger partial charge is 0.326 e. The summed E-state index contributed by atoms with van der Waals surface area (Å²) in [7, 11) is 0. The molecular weight excluding hydrogens is 244 g/mol. The van der Waals surface area contributed by atoms with Gasteiger partial charge in [-0.05, 0) is 32.9 Å². The molecule has 0 radical (unpaired) electrons. The second kappa shape index (κ2) is 11.6. The van der Waals surface area contributed by atoms with Crippen LogP contribution in [0.25, 0.3) is 0 Å². The van der Waals surface area contributed by atoms with Crippen LogP contribution in [0, 0.1) is 0 Å². The number of nitrogens with zero attached hydrogens (tertiary/aromatic N) is 1. The quantitative estimate of drug-likeness (QED) is 0.484. The van der Waals surface area contributed by atoms with Gasteiger partial charge in [0.05, 0.1) is 0 Å². The molecule has 0 saturated heterocycles. The van der Waals surface area contributed by atoms with E-state index in [1.807, 2.05) is 0 Å². The van der Waals surface area contributed by atoms with Crippen LogP contribution in [-0.2, 0) is 0 Å². The van der Waals surface area contributed by atoms with Crippen LogP contribution < -0.4 is 5.73 Å². The monoisotopic (exact) mass is 284 g/mol. The Morgan fingerprint density at radius 3 is 1.80 bits per heavy atom. The molecule has 0 aromatic carbocycles. The Bertz CT molecular complexity index is 213. The van der Waals surface area contributed by atoms with Gasteiger partial charge in [-0.2, -0.15) is 0 Å². The van der Waals surface area contributed by atoms with Gasteiger partial charge in [-0.1, -0.05) is 72.6 Å². The highest BCUT2D eigenvalue weighted by Gasteiger charge is 2.33. The van der Waals surface area contributed by atoms with Gasteiger partial charge in [0, 0.05) is 11.6 Å². The summed E-state index contributed by atoms with van der Waals surface area (Å²) in [5.74, 6) is 0. The van der Waals surface area contributed by atoms with Crippen LogP contribution >= 0.6 is 0 Å². The van der Waals surface area contributed by atoms with E-state index >= 15 is 0 Å². The third kappa shape index (κ3) is 6.58. The van der Waals surface area contributed by atoms with E-state index in [-0.39, 0.29) is 5.54 Å². The molecule has 0 spiro atoms. The van der Waals surface area contributed by atoms with Crippen LogP contribution in [0.1, 0.15) is 92.4 Å². The molecule has 2 unspecified atom stereocenters. The van der Waals surface area contributed by atoms with Gasteiger partial charge in [-0.25, -0.2) is 0 Å². The van der Waals surface area contributed by atoms with Gasteiger partial charge >= 0.3 is 0 Å². The molecule has 0 amide bonds. The minimum absolute atomic E-state index is 0.172. The van der Waals surface area contributed by atoms with Crippen molar-refractivity contribution in [3.63, 3.8) is 0 Å². The minimum Gasteiger partial charge on any atom is -0.326 e. The molecule has 0 heterocycles. The van der Waals surface area contributed by atoms with E-state index in [0.717, 1.165) is 19.5 Å². The number of nitrogens with two attached hydrogens (primary N) is 1. The maximum absolute atomic E-state index is 6.54. The molecule has 2 N–H and O–H groups in total. The third-order valence-corrected chi connectivity index (χ3v) is 5.12. The molecule has 0 bridgehead atoms. The van der Waals surface area contributed by atoms with Crippen LogP contribution in [-0.4, -0.2) is 29.6 Å². The Morgan fingerprint density at radius 1 is 0.850 bits per heavy atom. The first-order chi connectivity index (χ1) is 9.56. The van der Waals surface area contributed by atoms with E-state index in [9.17, 15) is 0 Å². The summed E-state index contributed by atoms with van der Waals surface area (Å²) >= 11 is 0. The van der Waals surface area contributed by atoms with E-state index in [0.29, 0.717) is 6.04 Å². The molecule has 0 aromatic heterocycles. The molecule has 0 aromatic rings. The highest BCUT2D eigenvalue weighted by atomic mass is 15.2. The zero-order valence-corrected chi connectivity index (χ0v) is 14.9. The highest BCUT2D eigenvalue weighted by molar-refractivity contribution is 4.93. The average molecular weight is 285 g/mol. The molecule has 0 aliphatic heterocycles. The Labute approximate surface area is 128 Å².